The summed E-state index contributed by atoms with van der Waals surface area (Å²) in [4.78, 5) is 0. The Hall–Kier alpha value is -3.52. The summed E-state index contributed by atoms with van der Waals surface area (Å²) >= 11 is 0. The van der Waals surface area contributed by atoms with Gasteiger partial charge in [-0.25, -0.2) is 0 Å². The second kappa shape index (κ2) is 9.85. The summed E-state index contributed by atoms with van der Waals surface area (Å²) in [6.45, 7) is 0. The predicted molar refractivity (Wildman–Crippen MR) is 147 cm³/mol. The largest absolute Gasteiger partial charge is 0.496 e. The van der Waals surface area contributed by atoms with E-state index in [0.717, 1.165) is 62.9 Å². The average Bonchev–Trinajstić information content (AvgIpc) is 2.91. The second-order valence-corrected chi connectivity index (χ2v) is 10.2. The topological polar surface area (TPSA) is 18.5 Å². The summed E-state index contributed by atoms with van der Waals surface area (Å²) in [5.41, 5.74) is 13.2. The highest BCUT2D eigenvalue weighted by Crippen LogP contribution is 2.46. The molecule has 8 aliphatic rings. The molecule has 0 saturated heterocycles. The standard InChI is InChI=1S/C34H34O2/c1-35-33-29-17-13-25-7-3-23(4-8-25)11-15-27(19-21-29)31(33)32-28-16-12-24-5-9-26(10-6-24)14-18-30(22-20-28)34(32)36-2/h3-10,19-22H,11-18H2,1-2H3. The van der Waals surface area contributed by atoms with Crippen molar-refractivity contribution in [1.29, 1.82) is 0 Å². The lowest BCUT2D eigenvalue weighted by Gasteiger charge is -2.25. The van der Waals surface area contributed by atoms with Gasteiger partial charge in [-0.3, -0.25) is 0 Å². The number of rotatable bonds is 3. The molecule has 0 amide bonds. The Morgan fingerprint density at radius 3 is 0.944 bits per heavy atom. The molecule has 0 unspecified atom stereocenters. The summed E-state index contributed by atoms with van der Waals surface area (Å²) in [7, 11) is 3.67. The van der Waals surface area contributed by atoms with Crippen LogP contribution in [0.25, 0.3) is 11.1 Å². The van der Waals surface area contributed by atoms with E-state index >= 15 is 0 Å². The van der Waals surface area contributed by atoms with E-state index in [-0.39, 0.29) is 0 Å². The Kier molecular flexibility index (Phi) is 6.27. The van der Waals surface area contributed by atoms with Crippen LogP contribution < -0.4 is 9.47 Å². The van der Waals surface area contributed by atoms with Gasteiger partial charge in [-0.15, -0.1) is 0 Å². The number of benzene rings is 4. The molecule has 0 radical (unpaired) electrons. The van der Waals surface area contributed by atoms with Crippen molar-refractivity contribution in [2.75, 3.05) is 14.2 Å². The van der Waals surface area contributed by atoms with Crippen molar-refractivity contribution in [3.8, 4) is 22.6 Å². The van der Waals surface area contributed by atoms with Crippen molar-refractivity contribution in [1.82, 2.24) is 0 Å². The molecule has 36 heavy (non-hydrogen) atoms. The third-order valence-electron chi connectivity index (χ3n) is 8.09. The van der Waals surface area contributed by atoms with Gasteiger partial charge >= 0.3 is 0 Å². The Morgan fingerprint density at radius 2 is 0.639 bits per heavy atom. The van der Waals surface area contributed by atoms with Crippen molar-refractivity contribution in [2.24, 2.45) is 0 Å². The minimum absolute atomic E-state index is 0.957. The number of hydrogen-bond acceptors (Lipinski definition) is 2. The van der Waals surface area contributed by atoms with E-state index in [1.54, 1.807) is 0 Å². The van der Waals surface area contributed by atoms with Crippen molar-refractivity contribution in [2.45, 2.75) is 51.4 Å². The first-order valence-electron chi connectivity index (χ1n) is 13.3. The van der Waals surface area contributed by atoms with Crippen LogP contribution in [0.1, 0.15) is 44.5 Å². The van der Waals surface area contributed by atoms with E-state index in [1.165, 1.54) is 55.6 Å². The van der Waals surface area contributed by atoms with E-state index in [0.29, 0.717) is 0 Å². The number of methoxy groups -OCH3 is 2. The van der Waals surface area contributed by atoms with Crippen LogP contribution in [-0.2, 0) is 51.4 Å². The highest BCUT2D eigenvalue weighted by molar-refractivity contribution is 5.84. The van der Waals surface area contributed by atoms with Crippen LogP contribution >= 0.6 is 0 Å². The molecule has 12 rings (SSSR count). The first-order valence-corrected chi connectivity index (χ1v) is 13.3. The lowest BCUT2D eigenvalue weighted by molar-refractivity contribution is 0.404. The Balaban J connectivity index is 1.56. The van der Waals surface area contributed by atoms with Crippen LogP contribution in [0.4, 0.5) is 0 Å². The lowest BCUT2D eigenvalue weighted by atomic mass is 9.84. The van der Waals surface area contributed by atoms with Gasteiger partial charge in [0.1, 0.15) is 11.5 Å². The number of ether oxygens (including phenoxy) is 2. The van der Waals surface area contributed by atoms with E-state index in [4.69, 9.17) is 9.47 Å². The molecule has 0 aromatic heterocycles. The van der Waals surface area contributed by atoms with Gasteiger partial charge in [0, 0.05) is 11.1 Å². The summed E-state index contributed by atoms with van der Waals surface area (Å²) < 4.78 is 12.5. The normalized spacial score (nSPS) is 14.6. The van der Waals surface area contributed by atoms with Gasteiger partial charge in [-0.05, 0) is 95.9 Å². The van der Waals surface area contributed by atoms with E-state index < -0.39 is 0 Å². The molecular weight excluding hydrogens is 440 g/mol. The highest BCUT2D eigenvalue weighted by atomic mass is 16.5. The van der Waals surface area contributed by atoms with E-state index in [2.05, 4.69) is 72.8 Å². The van der Waals surface area contributed by atoms with Gasteiger partial charge in [0.25, 0.3) is 0 Å². The summed E-state index contributed by atoms with van der Waals surface area (Å²) in [5, 5.41) is 0. The fourth-order valence-electron chi connectivity index (χ4n) is 6.02. The molecule has 2 heteroatoms. The van der Waals surface area contributed by atoms with Crippen LogP contribution in [0, 0.1) is 0 Å². The number of aryl methyl sites for hydroxylation is 8. The molecule has 0 spiro atoms. The third-order valence-corrected chi connectivity index (χ3v) is 8.09. The molecule has 0 fully saturated rings. The molecule has 0 atom stereocenters. The Morgan fingerprint density at radius 1 is 0.361 bits per heavy atom. The molecule has 0 aliphatic heterocycles. The predicted octanol–water partition coefficient (Wildman–Crippen LogP) is 7.14. The van der Waals surface area contributed by atoms with Crippen molar-refractivity contribution in [3.63, 3.8) is 0 Å². The maximum Gasteiger partial charge on any atom is 0.130 e. The Labute approximate surface area is 214 Å². The molecule has 182 valence electrons. The Bertz CT molecular complexity index is 1270. The van der Waals surface area contributed by atoms with Gasteiger partial charge in [-0.2, -0.15) is 0 Å². The molecule has 0 heterocycles. The first kappa shape index (κ1) is 22.9. The zero-order valence-corrected chi connectivity index (χ0v) is 21.4. The van der Waals surface area contributed by atoms with Crippen LogP contribution in [0.5, 0.6) is 11.5 Å². The van der Waals surface area contributed by atoms with Gasteiger partial charge in [0.15, 0.2) is 0 Å². The van der Waals surface area contributed by atoms with Gasteiger partial charge in [0.05, 0.1) is 14.2 Å². The molecule has 4 aromatic carbocycles. The zero-order valence-electron chi connectivity index (χ0n) is 21.4. The van der Waals surface area contributed by atoms with E-state index in [9.17, 15) is 0 Å². The molecule has 0 saturated carbocycles. The summed E-state index contributed by atoms with van der Waals surface area (Å²) in [6.07, 6.45) is 7.90. The quantitative estimate of drug-likeness (QED) is 0.314. The van der Waals surface area contributed by atoms with Crippen molar-refractivity contribution in [3.05, 3.63) is 117 Å². The summed E-state index contributed by atoms with van der Waals surface area (Å²) in [5.74, 6) is 2.05. The minimum atomic E-state index is 0.957. The number of hydrogen-bond donors (Lipinski definition) is 0. The van der Waals surface area contributed by atoms with Crippen LogP contribution in [0.3, 0.4) is 0 Å². The highest BCUT2D eigenvalue weighted by Gasteiger charge is 2.24. The molecule has 8 aliphatic carbocycles. The van der Waals surface area contributed by atoms with Crippen LogP contribution in [0.2, 0.25) is 0 Å². The summed E-state index contributed by atoms with van der Waals surface area (Å²) in [6, 6.07) is 27.6. The van der Waals surface area contributed by atoms with Gasteiger partial charge in [0.2, 0.25) is 0 Å². The molecular formula is C34H34O2. The molecule has 0 N–H and O–H groups in total. The molecule has 2 nitrogen and oxygen atoms in total. The zero-order chi connectivity index (χ0) is 24.5. The lowest BCUT2D eigenvalue weighted by Crippen LogP contribution is -2.08. The fraction of sp³-hybridized carbons (Fsp3) is 0.294. The van der Waals surface area contributed by atoms with E-state index in [1.807, 2.05) is 14.2 Å². The van der Waals surface area contributed by atoms with Gasteiger partial charge < -0.3 is 9.47 Å². The monoisotopic (exact) mass is 474 g/mol. The fourth-order valence-corrected chi connectivity index (χ4v) is 6.02. The SMILES string of the molecule is COc1c2ccc(c1-c1c3ccc(c1OC)CCc1ccc(cc1)CC3)CCc1ccc(cc1)CC2. The minimum Gasteiger partial charge on any atom is -0.496 e. The van der Waals surface area contributed by atoms with Crippen molar-refractivity contribution >= 4 is 0 Å². The van der Waals surface area contributed by atoms with Crippen LogP contribution in [-0.4, -0.2) is 14.2 Å². The molecule has 4 aromatic rings. The maximum atomic E-state index is 6.25. The van der Waals surface area contributed by atoms with Gasteiger partial charge in [-0.1, -0.05) is 72.8 Å². The maximum absolute atomic E-state index is 6.25. The average molecular weight is 475 g/mol. The van der Waals surface area contributed by atoms with Crippen molar-refractivity contribution < 1.29 is 9.47 Å². The second-order valence-electron chi connectivity index (χ2n) is 10.2. The third kappa shape index (κ3) is 4.30. The molecule has 8 bridgehead atoms. The van der Waals surface area contributed by atoms with Crippen LogP contribution in [0.15, 0.2) is 72.8 Å². The first-order chi connectivity index (χ1) is 17.7. The smallest absolute Gasteiger partial charge is 0.130 e.